The molecule has 1 aliphatic heterocycles. The van der Waals surface area contributed by atoms with E-state index in [4.69, 9.17) is 0 Å². The highest BCUT2D eigenvalue weighted by molar-refractivity contribution is 5.30. The van der Waals surface area contributed by atoms with Crippen molar-refractivity contribution in [2.75, 3.05) is 26.7 Å². The SMILES string of the molecule is Cc1ccc(CCN(C)C2CNC2)c(C)c1. The van der Waals surface area contributed by atoms with Crippen LogP contribution in [0.3, 0.4) is 0 Å². The van der Waals surface area contributed by atoms with E-state index >= 15 is 0 Å². The molecule has 0 unspecified atom stereocenters. The Labute approximate surface area is 98.7 Å². The van der Waals surface area contributed by atoms with Gasteiger partial charge in [-0.3, -0.25) is 0 Å². The molecule has 1 aromatic rings. The summed E-state index contributed by atoms with van der Waals surface area (Å²) >= 11 is 0. The van der Waals surface area contributed by atoms with Gasteiger partial charge in [-0.25, -0.2) is 0 Å². The lowest BCUT2D eigenvalue weighted by atomic mass is 10.0. The summed E-state index contributed by atoms with van der Waals surface area (Å²) in [6, 6.07) is 7.52. The number of hydrogen-bond donors (Lipinski definition) is 1. The van der Waals surface area contributed by atoms with E-state index in [0.717, 1.165) is 25.7 Å². The van der Waals surface area contributed by atoms with E-state index in [1.165, 1.54) is 23.1 Å². The second-order valence-electron chi connectivity index (χ2n) is 4.97. The Kier molecular flexibility index (Phi) is 3.62. The average molecular weight is 218 g/mol. The van der Waals surface area contributed by atoms with E-state index in [9.17, 15) is 0 Å². The van der Waals surface area contributed by atoms with E-state index in [0.29, 0.717) is 0 Å². The van der Waals surface area contributed by atoms with Crippen molar-refractivity contribution >= 4 is 0 Å². The van der Waals surface area contributed by atoms with Crippen molar-refractivity contribution in [2.45, 2.75) is 26.3 Å². The summed E-state index contributed by atoms with van der Waals surface area (Å²) in [6.07, 6.45) is 1.17. The normalized spacial score (nSPS) is 16.5. The number of nitrogens with one attached hydrogen (secondary N) is 1. The number of rotatable bonds is 4. The minimum atomic E-state index is 0.755. The summed E-state index contributed by atoms with van der Waals surface area (Å²) in [5, 5.41) is 3.32. The van der Waals surface area contributed by atoms with Crippen molar-refractivity contribution in [3.8, 4) is 0 Å². The van der Waals surface area contributed by atoms with Gasteiger partial charge < -0.3 is 10.2 Å². The second kappa shape index (κ2) is 4.98. The van der Waals surface area contributed by atoms with Crippen LogP contribution in [0.25, 0.3) is 0 Å². The van der Waals surface area contributed by atoms with Crippen LogP contribution in [0.1, 0.15) is 16.7 Å². The van der Waals surface area contributed by atoms with Gasteiger partial charge in [0.15, 0.2) is 0 Å². The predicted octanol–water partition coefficient (Wildman–Crippen LogP) is 1.75. The highest BCUT2D eigenvalue weighted by atomic mass is 15.2. The van der Waals surface area contributed by atoms with Gasteiger partial charge in [-0.15, -0.1) is 0 Å². The van der Waals surface area contributed by atoms with Crippen LogP contribution >= 0.6 is 0 Å². The molecule has 0 spiro atoms. The molecule has 1 saturated heterocycles. The highest BCUT2D eigenvalue weighted by Gasteiger charge is 2.20. The van der Waals surface area contributed by atoms with Crippen molar-refractivity contribution in [3.05, 3.63) is 34.9 Å². The summed E-state index contributed by atoms with van der Waals surface area (Å²) in [5.74, 6) is 0. The third kappa shape index (κ3) is 2.63. The lowest BCUT2D eigenvalue weighted by molar-refractivity contribution is 0.182. The molecule has 2 rings (SSSR count). The van der Waals surface area contributed by atoms with Crippen LogP contribution < -0.4 is 5.32 Å². The van der Waals surface area contributed by atoms with Crippen LogP contribution in [0.4, 0.5) is 0 Å². The fourth-order valence-electron chi connectivity index (χ4n) is 2.19. The zero-order chi connectivity index (χ0) is 11.5. The zero-order valence-corrected chi connectivity index (χ0v) is 10.6. The second-order valence-corrected chi connectivity index (χ2v) is 4.97. The maximum atomic E-state index is 3.32. The molecule has 16 heavy (non-hydrogen) atoms. The quantitative estimate of drug-likeness (QED) is 0.828. The summed E-state index contributed by atoms with van der Waals surface area (Å²) in [5.41, 5.74) is 4.28. The van der Waals surface area contributed by atoms with Gasteiger partial charge in [-0.05, 0) is 38.4 Å². The van der Waals surface area contributed by atoms with Crippen LogP contribution in [-0.2, 0) is 6.42 Å². The van der Waals surface area contributed by atoms with Crippen molar-refractivity contribution in [1.82, 2.24) is 10.2 Å². The lowest BCUT2D eigenvalue weighted by Crippen LogP contribution is -2.56. The Morgan fingerprint density at radius 1 is 1.31 bits per heavy atom. The Bertz CT molecular complexity index is 356. The molecule has 2 heteroatoms. The summed E-state index contributed by atoms with van der Waals surface area (Å²) in [7, 11) is 2.23. The fraction of sp³-hybridized carbons (Fsp3) is 0.571. The van der Waals surface area contributed by atoms with Gasteiger partial charge in [0.05, 0.1) is 0 Å². The smallest absolute Gasteiger partial charge is 0.0342 e. The van der Waals surface area contributed by atoms with Gasteiger partial charge >= 0.3 is 0 Å². The molecule has 1 fully saturated rings. The monoisotopic (exact) mass is 218 g/mol. The van der Waals surface area contributed by atoms with Gasteiger partial charge in [-0.2, -0.15) is 0 Å². The van der Waals surface area contributed by atoms with Crippen molar-refractivity contribution in [2.24, 2.45) is 0 Å². The zero-order valence-electron chi connectivity index (χ0n) is 10.6. The van der Waals surface area contributed by atoms with Gasteiger partial charge in [0.2, 0.25) is 0 Å². The lowest BCUT2D eigenvalue weighted by Gasteiger charge is -2.35. The third-order valence-corrected chi connectivity index (χ3v) is 3.62. The van der Waals surface area contributed by atoms with Gasteiger partial charge in [0, 0.05) is 25.7 Å². The largest absolute Gasteiger partial charge is 0.314 e. The molecule has 1 aromatic carbocycles. The number of aryl methyl sites for hydroxylation is 2. The molecule has 88 valence electrons. The van der Waals surface area contributed by atoms with E-state index in [-0.39, 0.29) is 0 Å². The number of hydrogen-bond acceptors (Lipinski definition) is 2. The summed E-state index contributed by atoms with van der Waals surface area (Å²) in [6.45, 7) is 7.85. The van der Waals surface area contributed by atoms with Gasteiger partial charge in [0.25, 0.3) is 0 Å². The van der Waals surface area contributed by atoms with Crippen LogP contribution in [0.5, 0.6) is 0 Å². The fourth-order valence-corrected chi connectivity index (χ4v) is 2.19. The summed E-state index contributed by atoms with van der Waals surface area (Å²) < 4.78 is 0. The van der Waals surface area contributed by atoms with Crippen LogP contribution in [0, 0.1) is 13.8 Å². The Morgan fingerprint density at radius 2 is 2.06 bits per heavy atom. The molecular weight excluding hydrogens is 196 g/mol. The Morgan fingerprint density at radius 3 is 2.62 bits per heavy atom. The van der Waals surface area contributed by atoms with Crippen LogP contribution in [0.2, 0.25) is 0 Å². The number of likely N-dealkylation sites (N-methyl/N-ethyl adjacent to an activating group) is 1. The molecule has 0 atom stereocenters. The topological polar surface area (TPSA) is 15.3 Å². The van der Waals surface area contributed by atoms with E-state index in [1.807, 2.05) is 0 Å². The van der Waals surface area contributed by atoms with Gasteiger partial charge in [0.1, 0.15) is 0 Å². The van der Waals surface area contributed by atoms with Crippen molar-refractivity contribution in [1.29, 1.82) is 0 Å². The van der Waals surface area contributed by atoms with Crippen molar-refractivity contribution in [3.63, 3.8) is 0 Å². The number of nitrogens with zero attached hydrogens (tertiary/aromatic N) is 1. The molecule has 0 bridgehead atoms. The van der Waals surface area contributed by atoms with E-state index in [1.54, 1.807) is 0 Å². The third-order valence-electron chi connectivity index (χ3n) is 3.62. The molecular formula is C14H22N2. The molecule has 0 aromatic heterocycles. The molecule has 1 N–H and O–H groups in total. The van der Waals surface area contributed by atoms with E-state index in [2.05, 4.69) is 49.3 Å². The first kappa shape index (κ1) is 11.6. The molecule has 1 aliphatic rings. The molecule has 0 saturated carbocycles. The highest BCUT2D eigenvalue weighted by Crippen LogP contribution is 2.12. The predicted molar refractivity (Wildman–Crippen MR) is 68.9 cm³/mol. The first-order valence-corrected chi connectivity index (χ1v) is 6.14. The Hall–Kier alpha value is -0.860. The first-order valence-electron chi connectivity index (χ1n) is 6.14. The molecule has 0 aliphatic carbocycles. The van der Waals surface area contributed by atoms with Gasteiger partial charge in [-0.1, -0.05) is 23.8 Å². The van der Waals surface area contributed by atoms with E-state index < -0.39 is 0 Å². The maximum Gasteiger partial charge on any atom is 0.0342 e. The average Bonchev–Trinajstić information content (AvgIpc) is 2.13. The molecule has 0 amide bonds. The summed E-state index contributed by atoms with van der Waals surface area (Å²) in [4.78, 5) is 2.47. The van der Waals surface area contributed by atoms with Crippen molar-refractivity contribution < 1.29 is 0 Å². The molecule has 1 heterocycles. The van der Waals surface area contributed by atoms with Crippen LogP contribution in [-0.4, -0.2) is 37.6 Å². The van der Waals surface area contributed by atoms with Crippen LogP contribution in [0.15, 0.2) is 18.2 Å². The number of benzene rings is 1. The molecule has 2 nitrogen and oxygen atoms in total. The molecule has 0 radical (unpaired) electrons. The minimum Gasteiger partial charge on any atom is -0.314 e. The maximum absolute atomic E-state index is 3.32. The Balaban J connectivity index is 1.88. The first-order chi connectivity index (χ1) is 7.66. The standard InChI is InChI=1S/C14H22N2/c1-11-4-5-13(12(2)8-11)6-7-16(3)14-9-15-10-14/h4-5,8,14-15H,6-7,9-10H2,1-3H3. The minimum absolute atomic E-state index is 0.755.